The Bertz CT molecular complexity index is 924. The van der Waals surface area contributed by atoms with Gasteiger partial charge in [-0.2, -0.15) is 5.26 Å². The number of hydrogen-bond acceptors (Lipinski definition) is 4. The van der Waals surface area contributed by atoms with E-state index in [1.165, 1.54) is 0 Å². The fraction of sp³-hybridized carbons (Fsp3) is 0.167. The van der Waals surface area contributed by atoms with Crippen molar-refractivity contribution in [3.63, 3.8) is 0 Å². The van der Waals surface area contributed by atoms with Crippen molar-refractivity contribution in [1.29, 1.82) is 5.26 Å². The van der Waals surface area contributed by atoms with Gasteiger partial charge >= 0.3 is 0 Å². The number of fused-ring (bicyclic) bond motifs is 1. The third kappa shape index (κ3) is 3.20. The monoisotopic (exact) mass is 320 g/mol. The molecule has 3 rings (SSSR count). The summed E-state index contributed by atoms with van der Waals surface area (Å²) in [6.07, 6.45) is 0. The Kier molecular flexibility index (Phi) is 4.43. The fourth-order valence-corrected chi connectivity index (χ4v) is 2.41. The molecule has 1 aromatic heterocycles. The quantitative estimate of drug-likeness (QED) is 0.781. The summed E-state index contributed by atoms with van der Waals surface area (Å²) in [5.74, 6) is 0.898. The minimum Gasteiger partial charge on any atom is -0.482 e. The number of para-hydroxylation sites is 3. The maximum absolute atomic E-state index is 12.0. The molecule has 24 heavy (non-hydrogen) atoms. The molecule has 0 bridgehead atoms. The van der Waals surface area contributed by atoms with Gasteiger partial charge in [0.25, 0.3) is 5.91 Å². The Labute approximate surface area is 139 Å². The maximum Gasteiger partial charge on any atom is 0.258 e. The topological polar surface area (TPSA) is 79.9 Å². The molecular formula is C18H16N4O2. The molecule has 0 aliphatic heterocycles. The highest BCUT2D eigenvalue weighted by molar-refractivity contribution is 5.78. The van der Waals surface area contributed by atoms with E-state index < -0.39 is 0 Å². The predicted molar refractivity (Wildman–Crippen MR) is 89.2 cm³/mol. The minimum atomic E-state index is -0.269. The van der Waals surface area contributed by atoms with Gasteiger partial charge in [-0.05, 0) is 24.3 Å². The van der Waals surface area contributed by atoms with E-state index in [1.54, 1.807) is 24.3 Å². The highest BCUT2D eigenvalue weighted by Crippen LogP contribution is 2.16. The standard InChI is InChI=1S/C18H16N4O2/c1-22-15-8-4-3-7-14(15)21-17(22)11-20-18(23)12-24-16-9-5-2-6-13(16)10-19/h2-9H,11-12H2,1H3,(H,20,23). The first-order chi connectivity index (χ1) is 11.7. The SMILES string of the molecule is Cn1c(CNC(=O)COc2ccccc2C#N)nc2ccccc21. The summed E-state index contributed by atoms with van der Waals surface area (Å²) in [4.78, 5) is 16.5. The number of aryl methyl sites for hydroxylation is 1. The van der Waals surface area contributed by atoms with E-state index >= 15 is 0 Å². The van der Waals surface area contributed by atoms with Gasteiger partial charge in [0.1, 0.15) is 17.6 Å². The van der Waals surface area contributed by atoms with Gasteiger partial charge in [-0.25, -0.2) is 4.98 Å². The van der Waals surface area contributed by atoms with E-state index in [4.69, 9.17) is 10.00 Å². The lowest BCUT2D eigenvalue weighted by Gasteiger charge is -2.08. The smallest absolute Gasteiger partial charge is 0.258 e. The van der Waals surface area contributed by atoms with Crippen molar-refractivity contribution in [2.75, 3.05) is 6.61 Å². The van der Waals surface area contributed by atoms with Crippen molar-refractivity contribution in [3.05, 3.63) is 59.9 Å². The molecule has 3 aromatic rings. The first-order valence-corrected chi connectivity index (χ1v) is 7.48. The van der Waals surface area contributed by atoms with Crippen LogP contribution in [0.25, 0.3) is 11.0 Å². The van der Waals surface area contributed by atoms with Crippen molar-refractivity contribution in [2.24, 2.45) is 7.05 Å². The van der Waals surface area contributed by atoms with E-state index in [1.807, 2.05) is 41.9 Å². The number of hydrogen-bond donors (Lipinski definition) is 1. The number of amides is 1. The molecule has 0 atom stereocenters. The zero-order valence-corrected chi connectivity index (χ0v) is 13.2. The zero-order chi connectivity index (χ0) is 16.9. The Morgan fingerprint density at radius 2 is 2.00 bits per heavy atom. The highest BCUT2D eigenvalue weighted by Gasteiger charge is 2.10. The summed E-state index contributed by atoms with van der Waals surface area (Å²) < 4.78 is 7.35. The number of benzene rings is 2. The summed E-state index contributed by atoms with van der Waals surface area (Å²) in [6.45, 7) is 0.163. The Hall–Kier alpha value is -3.33. The molecule has 6 nitrogen and oxygen atoms in total. The number of nitrogens with zero attached hydrogens (tertiary/aromatic N) is 3. The van der Waals surface area contributed by atoms with Crippen molar-refractivity contribution in [1.82, 2.24) is 14.9 Å². The van der Waals surface area contributed by atoms with Crippen molar-refractivity contribution >= 4 is 16.9 Å². The fourth-order valence-electron chi connectivity index (χ4n) is 2.41. The average molecular weight is 320 g/mol. The van der Waals surface area contributed by atoms with Crippen LogP contribution in [0.4, 0.5) is 0 Å². The average Bonchev–Trinajstić information content (AvgIpc) is 2.94. The van der Waals surface area contributed by atoms with Crippen LogP contribution in [-0.4, -0.2) is 22.1 Å². The molecule has 6 heteroatoms. The first-order valence-electron chi connectivity index (χ1n) is 7.48. The van der Waals surface area contributed by atoms with Crippen molar-refractivity contribution in [2.45, 2.75) is 6.54 Å². The highest BCUT2D eigenvalue weighted by atomic mass is 16.5. The normalized spacial score (nSPS) is 10.3. The summed E-state index contributed by atoms with van der Waals surface area (Å²) in [7, 11) is 1.91. The van der Waals surface area contributed by atoms with Gasteiger partial charge in [0.2, 0.25) is 0 Å². The number of carbonyl (C=O) groups excluding carboxylic acids is 1. The molecule has 0 unspecified atom stereocenters. The van der Waals surface area contributed by atoms with E-state index in [0.717, 1.165) is 16.9 Å². The number of carbonyl (C=O) groups is 1. The molecule has 0 aliphatic rings. The largest absolute Gasteiger partial charge is 0.482 e. The van der Waals surface area contributed by atoms with E-state index in [9.17, 15) is 4.79 Å². The van der Waals surface area contributed by atoms with Crippen LogP contribution in [0.2, 0.25) is 0 Å². The molecule has 1 amide bonds. The van der Waals surface area contributed by atoms with Gasteiger partial charge in [-0.3, -0.25) is 4.79 Å². The number of aromatic nitrogens is 2. The van der Waals surface area contributed by atoms with Gasteiger partial charge in [-0.1, -0.05) is 24.3 Å². The molecular weight excluding hydrogens is 304 g/mol. The molecule has 1 N–H and O–H groups in total. The van der Waals surface area contributed by atoms with Gasteiger partial charge in [0, 0.05) is 7.05 Å². The van der Waals surface area contributed by atoms with Gasteiger partial charge in [0.05, 0.1) is 23.1 Å². The number of imidazole rings is 1. The Morgan fingerprint density at radius 3 is 2.79 bits per heavy atom. The van der Waals surface area contributed by atoms with Crippen LogP contribution in [0, 0.1) is 11.3 Å². The molecule has 120 valence electrons. The zero-order valence-electron chi connectivity index (χ0n) is 13.2. The number of nitrogens with one attached hydrogen (secondary N) is 1. The lowest BCUT2D eigenvalue weighted by molar-refractivity contribution is -0.123. The number of ether oxygens (including phenoxy) is 1. The first kappa shape index (κ1) is 15.6. The molecule has 0 saturated heterocycles. The number of nitriles is 1. The van der Waals surface area contributed by atoms with Gasteiger partial charge in [0.15, 0.2) is 6.61 Å². The van der Waals surface area contributed by atoms with Gasteiger partial charge in [-0.15, -0.1) is 0 Å². The molecule has 0 aliphatic carbocycles. The third-order valence-electron chi connectivity index (χ3n) is 3.69. The predicted octanol–water partition coefficient (Wildman–Crippen LogP) is 2.14. The van der Waals surface area contributed by atoms with Gasteiger partial charge < -0.3 is 14.6 Å². The Morgan fingerprint density at radius 1 is 1.25 bits per heavy atom. The van der Waals surface area contributed by atoms with E-state index in [2.05, 4.69) is 10.3 Å². The van der Waals surface area contributed by atoms with E-state index in [-0.39, 0.29) is 12.5 Å². The molecule has 0 radical (unpaired) electrons. The number of rotatable bonds is 5. The Balaban J connectivity index is 1.59. The summed E-state index contributed by atoms with van der Waals surface area (Å²) in [5, 5.41) is 11.8. The van der Waals surface area contributed by atoms with E-state index in [0.29, 0.717) is 17.9 Å². The maximum atomic E-state index is 12.0. The van der Waals surface area contributed by atoms with Crippen LogP contribution in [0.3, 0.4) is 0 Å². The van der Waals surface area contributed by atoms with Crippen LogP contribution < -0.4 is 10.1 Å². The lowest BCUT2D eigenvalue weighted by atomic mass is 10.2. The summed E-state index contributed by atoms with van der Waals surface area (Å²) in [6, 6.07) is 16.6. The van der Waals surface area contributed by atoms with Crippen molar-refractivity contribution < 1.29 is 9.53 Å². The summed E-state index contributed by atoms with van der Waals surface area (Å²) >= 11 is 0. The van der Waals surface area contributed by atoms with Crippen LogP contribution in [0.5, 0.6) is 5.75 Å². The van der Waals surface area contributed by atoms with Crippen LogP contribution in [-0.2, 0) is 18.4 Å². The summed E-state index contributed by atoms with van der Waals surface area (Å²) in [5.41, 5.74) is 2.31. The second-order valence-electron chi connectivity index (χ2n) is 5.25. The molecule has 1 heterocycles. The second kappa shape index (κ2) is 6.84. The molecule has 0 spiro atoms. The minimum absolute atomic E-state index is 0.150. The van der Waals surface area contributed by atoms with Crippen LogP contribution >= 0.6 is 0 Å². The second-order valence-corrected chi connectivity index (χ2v) is 5.25. The molecule has 2 aromatic carbocycles. The third-order valence-corrected chi connectivity index (χ3v) is 3.69. The molecule has 0 fully saturated rings. The van der Waals surface area contributed by atoms with Crippen molar-refractivity contribution in [3.8, 4) is 11.8 Å². The molecule has 0 saturated carbocycles. The lowest BCUT2D eigenvalue weighted by Crippen LogP contribution is -2.29. The van der Waals surface area contributed by atoms with Crippen LogP contribution in [0.1, 0.15) is 11.4 Å². The van der Waals surface area contributed by atoms with Crippen LogP contribution in [0.15, 0.2) is 48.5 Å².